The van der Waals surface area contributed by atoms with Crippen LogP contribution < -0.4 is 10.5 Å². The Morgan fingerprint density at radius 2 is 2.10 bits per heavy atom. The smallest absolute Gasteiger partial charge is 0.119 e. The number of nitrogens with zero attached hydrogens (tertiary/aromatic N) is 1. The number of likely N-dealkylation sites (N-methyl/N-ethyl adjacent to an activating group) is 1. The molecule has 0 aliphatic heterocycles. The quantitative estimate of drug-likeness (QED) is 0.868. The van der Waals surface area contributed by atoms with E-state index in [2.05, 4.69) is 44.0 Å². The van der Waals surface area contributed by atoms with Gasteiger partial charge in [-0.15, -0.1) is 0 Å². The third-order valence-electron chi connectivity index (χ3n) is 4.97. The minimum atomic E-state index is 0.192. The van der Waals surface area contributed by atoms with E-state index in [0.29, 0.717) is 0 Å². The predicted molar refractivity (Wildman–Crippen MR) is 83.8 cm³/mol. The summed E-state index contributed by atoms with van der Waals surface area (Å²) in [6.07, 6.45) is 2.45. The van der Waals surface area contributed by atoms with Gasteiger partial charge < -0.3 is 10.5 Å². The zero-order valence-corrected chi connectivity index (χ0v) is 13.2. The van der Waals surface area contributed by atoms with Crippen LogP contribution in [0.4, 0.5) is 0 Å². The first-order chi connectivity index (χ1) is 9.50. The van der Waals surface area contributed by atoms with Crippen molar-refractivity contribution in [3.63, 3.8) is 0 Å². The van der Waals surface area contributed by atoms with Crippen LogP contribution in [0.3, 0.4) is 0 Å². The van der Waals surface area contributed by atoms with Crippen molar-refractivity contribution in [3.8, 4) is 5.75 Å². The molecule has 1 aliphatic carbocycles. The molecule has 1 aliphatic rings. The maximum Gasteiger partial charge on any atom is 0.119 e. The average Bonchev–Trinajstić information content (AvgIpc) is 2.38. The first-order valence-corrected chi connectivity index (χ1v) is 7.55. The van der Waals surface area contributed by atoms with Gasteiger partial charge in [-0.05, 0) is 49.4 Å². The first kappa shape index (κ1) is 15.3. The number of hydrogen-bond acceptors (Lipinski definition) is 3. The summed E-state index contributed by atoms with van der Waals surface area (Å²) in [5.74, 6) is 2.51. The van der Waals surface area contributed by atoms with Crippen molar-refractivity contribution < 1.29 is 4.74 Å². The van der Waals surface area contributed by atoms with Crippen LogP contribution in [0.25, 0.3) is 0 Å². The van der Waals surface area contributed by atoms with Gasteiger partial charge in [-0.3, -0.25) is 4.90 Å². The van der Waals surface area contributed by atoms with Gasteiger partial charge in [0.2, 0.25) is 0 Å². The van der Waals surface area contributed by atoms with E-state index in [-0.39, 0.29) is 5.54 Å². The molecule has 0 unspecified atom stereocenters. The topological polar surface area (TPSA) is 38.5 Å². The molecule has 1 aromatic rings. The Balaban J connectivity index is 2.01. The molecule has 112 valence electrons. The van der Waals surface area contributed by atoms with Crippen LogP contribution in [0.15, 0.2) is 24.3 Å². The summed E-state index contributed by atoms with van der Waals surface area (Å²) in [6, 6.07) is 8.30. The van der Waals surface area contributed by atoms with E-state index in [4.69, 9.17) is 10.5 Å². The molecule has 0 spiro atoms. The highest BCUT2D eigenvalue weighted by molar-refractivity contribution is 5.28. The second-order valence-corrected chi connectivity index (χ2v) is 6.55. The van der Waals surface area contributed by atoms with Crippen LogP contribution in [0.1, 0.15) is 32.3 Å². The Morgan fingerprint density at radius 1 is 1.40 bits per heavy atom. The van der Waals surface area contributed by atoms with E-state index < -0.39 is 0 Å². The van der Waals surface area contributed by atoms with Gasteiger partial charge in [0.15, 0.2) is 0 Å². The summed E-state index contributed by atoms with van der Waals surface area (Å²) in [5.41, 5.74) is 7.55. The summed E-state index contributed by atoms with van der Waals surface area (Å²) < 4.78 is 5.29. The summed E-state index contributed by atoms with van der Waals surface area (Å²) in [4.78, 5) is 2.43. The van der Waals surface area contributed by atoms with E-state index in [1.54, 1.807) is 7.11 Å². The number of methoxy groups -OCH3 is 1. The van der Waals surface area contributed by atoms with Gasteiger partial charge in [0.1, 0.15) is 5.75 Å². The molecule has 0 aromatic heterocycles. The molecule has 1 saturated carbocycles. The highest BCUT2D eigenvalue weighted by atomic mass is 16.5. The van der Waals surface area contributed by atoms with Gasteiger partial charge in [0.25, 0.3) is 0 Å². The monoisotopic (exact) mass is 276 g/mol. The minimum absolute atomic E-state index is 0.192. The van der Waals surface area contributed by atoms with Gasteiger partial charge >= 0.3 is 0 Å². The molecule has 3 nitrogen and oxygen atoms in total. The SMILES string of the molecule is COc1cccc(CN(C)C2(CN)CC(C(C)C)C2)c1. The molecule has 2 N–H and O–H groups in total. The fourth-order valence-corrected chi connectivity index (χ4v) is 3.23. The van der Waals surface area contributed by atoms with Crippen molar-refractivity contribution in [2.75, 3.05) is 20.7 Å². The normalized spacial score (nSPS) is 25.9. The Kier molecular flexibility index (Phi) is 4.71. The zero-order valence-electron chi connectivity index (χ0n) is 13.2. The van der Waals surface area contributed by atoms with Crippen LogP contribution >= 0.6 is 0 Å². The van der Waals surface area contributed by atoms with E-state index in [0.717, 1.165) is 30.7 Å². The Bertz CT molecular complexity index is 438. The van der Waals surface area contributed by atoms with E-state index >= 15 is 0 Å². The Labute approximate surface area is 123 Å². The molecular formula is C17H28N2O. The molecule has 0 atom stereocenters. The van der Waals surface area contributed by atoms with Gasteiger partial charge in [0.05, 0.1) is 7.11 Å². The fraction of sp³-hybridized carbons (Fsp3) is 0.647. The van der Waals surface area contributed by atoms with Crippen molar-refractivity contribution in [2.45, 2.75) is 38.8 Å². The third-order valence-corrected chi connectivity index (χ3v) is 4.97. The van der Waals surface area contributed by atoms with Crippen LogP contribution in [0.5, 0.6) is 5.75 Å². The number of benzene rings is 1. The summed E-state index contributed by atoms with van der Waals surface area (Å²) >= 11 is 0. The number of rotatable bonds is 6. The molecule has 0 saturated heterocycles. The largest absolute Gasteiger partial charge is 0.497 e. The van der Waals surface area contributed by atoms with Crippen LogP contribution in [0.2, 0.25) is 0 Å². The van der Waals surface area contributed by atoms with Crippen molar-refractivity contribution in [2.24, 2.45) is 17.6 Å². The predicted octanol–water partition coefficient (Wildman–Crippen LogP) is 2.89. The van der Waals surface area contributed by atoms with Crippen molar-refractivity contribution >= 4 is 0 Å². The number of nitrogens with two attached hydrogens (primary N) is 1. The number of hydrogen-bond donors (Lipinski definition) is 1. The van der Waals surface area contributed by atoms with Gasteiger partial charge in [0, 0.05) is 18.6 Å². The first-order valence-electron chi connectivity index (χ1n) is 7.55. The van der Waals surface area contributed by atoms with Crippen molar-refractivity contribution in [3.05, 3.63) is 29.8 Å². The standard InChI is InChI=1S/C17H28N2O/c1-13(2)15-9-17(10-15,12-18)19(3)11-14-6-5-7-16(8-14)20-4/h5-8,13,15H,9-12,18H2,1-4H3. The van der Waals surface area contributed by atoms with E-state index in [1.165, 1.54) is 18.4 Å². The summed E-state index contributed by atoms with van der Waals surface area (Å²) in [7, 11) is 3.91. The van der Waals surface area contributed by atoms with Crippen LogP contribution in [-0.2, 0) is 6.54 Å². The molecule has 0 amide bonds. The highest BCUT2D eigenvalue weighted by Crippen LogP contribution is 2.45. The Morgan fingerprint density at radius 3 is 2.65 bits per heavy atom. The molecule has 1 fully saturated rings. The molecule has 2 rings (SSSR count). The second kappa shape index (κ2) is 6.15. The lowest BCUT2D eigenvalue weighted by Gasteiger charge is -2.54. The maximum atomic E-state index is 6.08. The Hall–Kier alpha value is -1.06. The molecule has 0 bridgehead atoms. The fourth-order valence-electron chi connectivity index (χ4n) is 3.23. The highest BCUT2D eigenvalue weighted by Gasteiger charge is 2.46. The van der Waals surface area contributed by atoms with Gasteiger partial charge in [-0.1, -0.05) is 26.0 Å². The lowest BCUT2D eigenvalue weighted by molar-refractivity contribution is -0.0244. The minimum Gasteiger partial charge on any atom is -0.497 e. The lowest BCUT2D eigenvalue weighted by atomic mass is 9.63. The average molecular weight is 276 g/mol. The van der Waals surface area contributed by atoms with Gasteiger partial charge in [-0.25, -0.2) is 0 Å². The van der Waals surface area contributed by atoms with Gasteiger partial charge in [-0.2, -0.15) is 0 Å². The van der Waals surface area contributed by atoms with Crippen LogP contribution in [0, 0.1) is 11.8 Å². The van der Waals surface area contributed by atoms with Crippen LogP contribution in [-0.4, -0.2) is 31.1 Å². The molecular weight excluding hydrogens is 248 g/mol. The molecule has 0 radical (unpaired) electrons. The molecule has 20 heavy (non-hydrogen) atoms. The summed E-state index contributed by atoms with van der Waals surface area (Å²) in [5, 5.41) is 0. The number of ether oxygens (including phenoxy) is 1. The van der Waals surface area contributed by atoms with Crippen molar-refractivity contribution in [1.29, 1.82) is 0 Å². The van der Waals surface area contributed by atoms with Crippen molar-refractivity contribution in [1.82, 2.24) is 4.90 Å². The zero-order chi connectivity index (χ0) is 14.8. The second-order valence-electron chi connectivity index (χ2n) is 6.55. The molecule has 0 heterocycles. The third kappa shape index (κ3) is 2.99. The molecule has 1 aromatic carbocycles. The molecule has 3 heteroatoms. The summed E-state index contributed by atoms with van der Waals surface area (Å²) in [6.45, 7) is 6.30. The lowest BCUT2D eigenvalue weighted by Crippen LogP contribution is -2.60. The maximum absolute atomic E-state index is 6.08. The van der Waals surface area contributed by atoms with E-state index in [9.17, 15) is 0 Å². The van der Waals surface area contributed by atoms with E-state index in [1.807, 2.05) is 6.07 Å².